The Morgan fingerprint density at radius 1 is 1.16 bits per heavy atom. The summed E-state index contributed by atoms with van der Waals surface area (Å²) in [5.74, 6) is 0.466. The topological polar surface area (TPSA) is 73.8 Å². The van der Waals surface area contributed by atoms with Crippen LogP contribution >= 0.6 is 0 Å². The molecule has 0 unspecified atom stereocenters. The zero-order valence-corrected chi connectivity index (χ0v) is 16.5. The van der Waals surface area contributed by atoms with Crippen molar-refractivity contribution >= 4 is 11.0 Å². The molecule has 0 bridgehead atoms. The van der Waals surface area contributed by atoms with Gasteiger partial charge < -0.3 is 23.6 Å². The van der Waals surface area contributed by atoms with Crippen molar-refractivity contribution in [2.24, 2.45) is 7.05 Å². The van der Waals surface area contributed by atoms with Gasteiger partial charge in [0.2, 0.25) is 0 Å². The van der Waals surface area contributed by atoms with Crippen LogP contribution in [-0.4, -0.2) is 16.3 Å². The van der Waals surface area contributed by atoms with Crippen LogP contribution in [0.2, 0.25) is 0 Å². The van der Waals surface area contributed by atoms with Crippen molar-refractivity contribution in [2.75, 3.05) is 0 Å². The number of halogens is 2. The Morgan fingerprint density at radius 2 is 1.97 bits per heavy atom. The number of benzene rings is 2. The molecule has 2 aromatic heterocycles. The minimum atomic E-state index is -2.94. The minimum absolute atomic E-state index is 0.00832. The van der Waals surface area contributed by atoms with E-state index in [1.54, 1.807) is 55.7 Å². The Balaban J connectivity index is 1.70. The molecule has 4 rings (SSSR count). The maximum atomic E-state index is 12.6. The summed E-state index contributed by atoms with van der Waals surface area (Å²) in [6.07, 6.45) is 3.13. The quantitative estimate of drug-likeness (QED) is 0.471. The second-order valence-electron chi connectivity index (χ2n) is 6.92. The number of furan rings is 1. The molecular weight excluding hydrogens is 408 g/mol. The van der Waals surface area contributed by atoms with E-state index in [1.807, 2.05) is 0 Å². The number of hydrogen-bond acceptors (Lipinski definition) is 5. The molecule has 4 aromatic rings. The lowest BCUT2D eigenvalue weighted by atomic mass is 10.0. The normalized spacial score (nSPS) is 11.3. The highest BCUT2D eigenvalue weighted by Gasteiger charge is 2.14. The number of rotatable bonds is 7. The summed E-state index contributed by atoms with van der Waals surface area (Å²) in [5.41, 5.74) is 2.46. The van der Waals surface area contributed by atoms with Crippen LogP contribution in [0.15, 0.2) is 70.2 Å². The fraction of sp³-hybridized carbons (Fsp3) is 0.174. The average Bonchev–Trinajstić information content (AvgIpc) is 3.25. The predicted molar refractivity (Wildman–Crippen MR) is 110 cm³/mol. The first-order valence-corrected chi connectivity index (χ1v) is 9.44. The summed E-state index contributed by atoms with van der Waals surface area (Å²) in [6.45, 7) is -3.17. The summed E-state index contributed by atoms with van der Waals surface area (Å²) in [7, 11) is 1.63. The minimum Gasteiger partial charge on any atom is -0.489 e. The molecule has 0 amide bonds. The van der Waals surface area contributed by atoms with Gasteiger partial charge in [0.25, 0.3) is 5.56 Å². The number of aryl methyl sites for hydroxylation is 1. The standard InChI is InChI=1S/C23H19F2NO5/c1-26-11-19(18-6-7-29-21(18)22(26)28)16-8-14(12-27)9-17(10-16)30-13-15-4-2-3-5-20(15)31-23(24)25/h2-11,23,27H,12-13H2,1H3. The zero-order chi connectivity index (χ0) is 22.0. The van der Waals surface area contributed by atoms with Crippen molar-refractivity contribution in [3.05, 3.63) is 82.5 Å². The van der Waals surface area contributed by atoms with Gasteiger partial charge in [-0.2, -0.15) is 8.78 Å². The van der Waals surface area contributed by atoms with E-state index in [-0.39, 0.29) is 30.1 Å². The summed E-state index contributed by atoms with van der Waals surface area (Å²) < 4.78 is 42.4. The second-order valence-corrected chi connectivity index (χ2v) is 6.92. The molecule has 0 saturated heterocycles. The van der Waals surface area contributed by atoms with E-state index in [0.717, 1.165) is 5.56 Å². The van der Waals surface area contributed by atoms with E-state index in [4.69, 9.17) is 9.15 Å². The highest BCUT2D eigenvalue weighted by molar-refractivity contribution is 5.93. The molecule has 0 spiro atoms. The number of hydrogen-bond donors (Lipinski definition) is 1. The first-order valence-electron chi connectivity index (χ1n) is 9.44. The van der Waals surface area contributed by atoms with Crippen LogP contribution in [0, 0.1) is 0 Å². The smallest absolute Gasteiger partial charge is 0.387 e. The van der Waals surface area contributed by atoms with Gasteiger partial charge in [-0.05, 0) is 41.5 Å². The molecule has 0 aliphatic heterocycles. The molecule has 2 aromatic carbocycles. The number of para-hydroxylation sites is 1. The molecule has 0 radical (unpaired) electrons. The third-order valence-electron chi connectivity index (χ3n) is 4.84. The zero-order valence-electron chi connectivity index (χ0n) is 16.5. The highest BCUT2D eigenvalue weighted by Crippen LogP contribution is 2.32. The number of nitrogens with zero attached hydrogens (tertiary/aromatic N) is 1. The molecule has 0 aliphatic rings. The van der Waals surface area contributed by atoms with Crippen LogP contribution < -0.4 is 15.0 Å². The summed E-state index contributed by atoms with van der Waals surface area (Å²) >= 11 is 0. The SMILES string of the molecule is Cn1cc(-c2cc(CO)cc(OCc3ccccc3OC(F)F)c2)c2ccoc2c1=O. The Kier molecular flexibility index (Phi) is 5.73. The number of ether oxygens (including phenoxy) is 2. The van der Waals surface area contributed by atoms with Crippen LogP contribution in [0.3, 0.4) is 0 Å². The molecule has 160 valence electrons. The number of alkyl halides is 2. The predicted octanol–water partition coefficient (Wildman–Crippen LogP) is 4.47. The monoisotopic (exact) mass is 427 g/mol. The lowest BCUT2D eigenvalue weighted by Crippen LogP contribution is -2.15. The molecule has 1 N–H and O–H groups in total. The van der Waals surface area contributed by atoms with Crippen molar-refractivity contribution in [3.63, 3.8) is 0 Å². The van der Waals surface area contributed by atoms with E-state index in [2.05, 4.69) is 4.74 Å². The van der Waals surface area contributed by atoms with E-state index in [9.17, 15) is 18.7 Å². The van der Waals surface area contributed by atoms with Gasteiger partial charge in [-0.3, -0.25) is 4.79 Å². The molecule has 31 heavy (non-hydrogen) atoms. The number of aliphatic hydroxyl groups excluding tert-OH is 1. The van der Waals surface area contributed by atoms with Crippen molar-refractivity contribution in [3.8, 4) is 22.6 Å². The van der Waals surface area contributed by atoms with Crippen LogP contribution in [0.25, 0.3) is 22.1 Å². The third kappa shape index (κ3) is 4.29. The molecule has 6 nitrogen and oxygen atoms in total. The Morgan fingerprint density at radius 3 is 2.74 bits per heavy atom. The Bertz CT molecular complexity index is 1280. The summed E-state index contributed by atoms with van der Waals surface area (Å²) in [5, 5.41) is 10.3. The van der Waals surface area contributed by atoms with Gasteiger partial charge in [0.1, 0.15) is 18.1 Å². The lowest BCUT2D eigenvalue weighted by molar-refractivity contribution is -0.0508. The van der Waals surface area contributed by atoms with Crippen molar-refractivity contribution < 1.29 is 27.8 Å². The van der Waals surface area contributed by atoms with Gasteiger partial charge in [-0.25, -0.2) is 0 Å². The fourth-order valence-electron chi connectivity index (χ4n) is 3.38. The van der Waals surface area contributed by atoms with E-state index in [1.165, 1.54) is 16.9 Å². The van der Waals surface area contributed by atoms with Crippen molar-refractivity contribution in [2.45, 2.75) is 19.8 Å². The van der Waals surface area contributed by atoms with Gasteiger partial charge in [-0.1, -0.05) is 18.2 Å². The number of pyridine rings is 1. The van der Waals surface area contributed by atoms with Crippen LogP contribution in [0.5, 0.6) is 11.5 Å². The van der Waals surface area contributed by atoms with Crippen molar-refractivity contribution in [1.29, 1.82) is 0 Å². The van der Waals surface area contributed by atoms with E-state index < -0.39 is 6.61 Å². The average molecular weight is 427 g/mol. The van der Waals surface area contributed by atoms with Gasteiger partial charge in [0, 0.05) is 29.8 Å². The molecular formula is C23H19F2NO5. The Hall–Kier alpha value is -3.65. The van der Waals surface area contributed by atoms with Crippen LogP contribution in [0.1, 0.15) is 11.1 Å². The Labute approximate surface area is 175 Å². The van der Waals surface area contributed by atoms with Gasteiger partial charge in [-0.15, -0.1) is 0 Å². The molecule has 8 heteroatoms. The fourth-order valence-corrected chi connectivity index (χ4v) is 3.38. The molecule has 0 atom stereocenters. The lowest BCUT2D eigenvalue weighted by Gasteiger charge is -2.14. The van der Waals surface area contributed by atoms with E-state index >= 15 is 0 Å². The molecule has 0 saturated carbocycles. The first kappa shape index (κ1) is 20.6. The number of fused-ring (bicyclic) bond motifs is 1. The van der Waals surface area contributed by atoms with Gasteiger partial charge in [0.15, 0.2) is 5.58 Å². The summed E-state index contributed by atoms with van der Waals surface area (Å²) in [4.78, 5) is 12.3. The van der Waals surface area contributed by atoms with E-state index in [0.29, 0.717) is 27.8 Å². The van der Waals surface area contributed by atoms with Crippen molar-refractivity contribution in [1.82, 2.24) is 4.57 Å². The van der Waals surface area contributed by atoms with Gasteiger partial charge in [0.05, 0.1) is 12.9 Å². The van der Waals surface area contributed by atoms with Crippen LogP contribution in [-0.2, 0) is 20.3 Å². The van der Waals surface area contributed by atoms with Crippen LogP contribution in [0.4, 0.5) is 8.78 Å². The molecule has 0 fully saturated rings. The second kappa shape index (κ2) is 8.61. The van der Waals surface area contributed by atoms with Gasteiger partial charge >= 0.3 is 6.61 Å². The number of aromatic nitrogens is 1. The largest absolute Gasteiger partial charge is 0.489 e. The highest BCUT2D eigenvalue weighted by atomic mass is 19.3. The molecule has 0 aliphatic carbocycles. The first-order chi connectivity index (χ1) is 15.0. The molecule has 2 heterocycles. The summed E-state index contributed by atoms with van der Waals surface area (Å²) in [6, 6.07) is 13.3. The third-order valence-corrected chi connectivity index (χ3v) is 4.84. The number of aliphatic hydroxyl groups is 1. The maximum absolute atomic E-state index is 12.6. The maximum Gasteiger partial charge on any atom is 0.387 e.